The Morgan fingerprint density at radius 2 is 1.48 bits per heavy atom. The highest BCUT2D eigenvalue weighted by Crippen LogP contribution is 2.31. The van der Waals surface area contributed by atoms with E-state index in [9.17, 15) is 9.50 Å². The van der Waals surface area contributed by atoms with Crippen molar-refractivity contribution >= 4 is 0 Å². The van der Waals surface area contributed by atoms with Gasteiger partial charge in [-0.05, 0) is 55.5 Å². The normalized spacial score (nSPS) is 12.9. The molecule has 0 radical (unpaired) electrons. The Hall–Kier alpha value is -2.49. The maximum atomic E-state index is 14.0. The van der Waals surface area contributed by atoms with Crippen LogP contribution in [-0.4, -0.2) is 22.2 Å². The van der Waals surface area contributed by atoms with E-state index in [2.05, 4.69) is 41.3 Å². The van der Waals surface area contributed by atoms with Gasteiger partial charge in [-0.2, -0.15) is 0 Å². The molecule has 3 aromatic carbocycles. The van der Waals surface area contributed by atoms with Gasteiger partial charge in [-0.3, -0.25) is 4.90 Å². The molecule has 1 atom stereocenters. The fourth-order valence-corrected chi connectivity index (χ4v) is 3.73. The average Bonchev–Trinajstić information content (AvgIpc) is 2.70. The molecule has 3 rings (SSSR count). The van der Waals surface area contributed by atoms with Crippen molar-refractivity contribution in [3.05, 3.63) is 107 Å². The molecule has 2 nitrogen and oxygen atoms in total. The Kier molecular flexibility index (Phi) is 7.18. The lowest BCUT2D eigenvalue weighted by atomic mass is 9.91. The standard InChI is InChI=1S/C26H30FNO/c1-26(2,29)19-25(23-14-9-15-24(27)18-23)28(20-22-12-7-4-8-13-22)17-16-21-10-5-3-6-11-21/h3-15,18,25,29H,16-17,19-20H2,1-2H3. The number of benzene rings is 3. The molecule has 0 spiro atoms. The molecule has 0 aliphatic rings. The lowest BCUT2D eigenvalue weighted by molar-refractivity contribution is 0.0303. The maximum absolute atomic E-state index is 14.0. The fraction of sp³-hybridized carbons (Fsp3) is 0.308. The van der Waals surface area contributed by atoms with E-state index in [1.165, 1.54) is 17.2 Å². The second-order valence-corrected chi connectivity index (χ2v) is 8.28. The van der Waals surface area contributed by atoms with E-state index in [0.29, 0.717) is 6.42 Å². The number of rotatable bonds is 9. The summed E-state index contributed by atoms with van der Waals surface area (Å²) in [6.45, 7) is 5.19. The zero-order valence-electron chi connectivity index (χ0n) is 17.3. The second-order valence-electron chi connectivity index (χ2n) is 8.28. The minimum absolute atomic E-state index is 0.0883. The largest absolute Gasteiger partial charge is 0.390 e. The minimum atomic E-state index is -0.862. The van der Waals surface area contributed by atoms with E-state index in [0.717, 1.165) is 25.1 Å². The molecule has 0 aromatic heterocycles. The molecule has 29 heavy (non-hydrogen) atoms. The van der Waals surface area contributed by atoms with Gasteiger partial charge in [0.1, 0.15) is 5.82 Å². The van der Waals surface area contributed by atoms with Crippen molar-refractivity contribution in [2.45, 2.75) is 44.9 Å². The predicted molar refractivity (Wildman–Crippen MR) is 117 cm³/mol. The highest BCUT2D eigenvalue weighted by atomic mass is 19.1. The van der Waals surface area contributed by atoms with Crippen LogP contribution in [0.1, 0.15) is 43.0 Å². The number of hydrogen-bond donors (Lipinski definition) is 1. The zero-order chi connectivity index (χ0) is 20.7. The first-order chi connectivity index (χ1) is 13.9. The van der Waals surface area contributed by atoms with Crippen LogP contribution in [-0.2, 0) is 13.0 Å². The van der Waals surface area contributed by atoms with Crippen molar-refractivity contribution < 1.29 is 9.50 Å². The quantitative estimate of drug-likeness (QED) is 0.500. The highest BCUT2D eigenvalue weighted by molar-refractivity contribution is 5.23. The summed E-state index contributed by atoms with van der Waals surface area (Å²) in [5.74, 6) is -0.244. The van der Waals surface area contributed by atoms with Crippen molar-refractivity contribution in [3.8, 4) is 0 Å². The second kappa shape index (κ2) is 9.82. The summed E-state index contributed by atoms with van der Waals surface area (Å²) in [7, 11) is 0. The molecule has 1 N–H and O–H groups in total. The molecule has 3 aromatic rings. The van der Waals surface area contributed by atoms with Gasteiger partial charge in [0.15, 0.2) is 0 Å². The summed E-state index contributed by atoms with van der Waals surface area (Å²) in [6, 6.07) is 27.4. The Morgan fingerprint density at radius 3 is 2.07 bits per heavy atom. The number of aliphatic hydroxyl groups is 1. The molecule has 0 bridgehead atoms. The van der Waals surface area contributed by atoms with Crippen molar-refractivity contribution in [2.24, 2.45) is 0 Å². The summed E-state index contributed by atoms with van der Waals surface area (Å²) < 4.78 is 14.0. The van der Waals surface area contributed by atoms with Crippen LogP contribution in [0.5, 0.6) is 0 Å². The summed E-state index contributed by atoms with van der Waals surface area (Å²) in [5, 5.41) is 10.6. The first-order valence-corrected chi connectivity index (χ1v) is 10.2. The van der Waals surface area contributed by atoms with Crippen LogP contribution in [0.4, 0.5) is 4.39 Å². The van der Waals surface area contributed by atoms with E-state index in [1.54, 1.807) is 12.1 Å². The smallest absolute Gasteiger partial charge is 0.123 e. The monoisotopic (exact) mass is 391 g/mol. The molecule has 3 heteroatoms. The number of halogens is 1. The first-order valence-electron chi connectivity index (χ1n) is 10.2. The third kappa shape index (κ3) is 6.81. The van der Waals surface area contributed by atoms with Gasteiger partial charge in [-0.15, -0.1) is 0 Å². The summed E-state index contributed by atoms with van der Waals surface area (Å²) in [5.41, 5.74) is 2.51. The SMILES string of the molecule is CC(C)(O)CC(c1cccc(F)c1)N(CCc1ccccc1)Cc1ccccc1. The van der Waals surface area contributed by atoms with Crippen LogP contribution < -0.4 is 0 Å². The summed E-state index contributed by atoms with van der Waals surface area (Å²) >= 11 is 0. The fourth-order valence-electron chi connectivity index (χ4n) is 3.73. The van der Waals surface area contributed by atoms with Crippen LogP contribution in [0.25, 0.3) is 0 Å². The maximum Gasteiger partial charge on any atom is 0.123 e. The molecule has 0 aliphatic carbocycles. The molecule has 0 aliphatic heterocycles. The van der Waals surface area contributed by atoms with Crippen LogP contribution in [0.15, 0.2) is 84.9 Å². The third-order valence-corrected chi connectivity index (χ3v) is 5.13. The number of nitrogens with zero attached hydrogens (tertiary/aromatic N) is 1. The lowest BCUT2D eigenvalue weighted by Crippen LogP contribution is -2.35. The van der Waals surface area contributed by atoms with Crippen LogP contribution in [0.2, 0.25) is 0 Å². The van der Waals surface area contributed by atoms with Crippen LogP contribution in [0.3, 0.4) is 0 Å². The molecule has 1 unspecified atom stereocenters. The van der Waals surface area contributed by atoms with E-state index in [1.807, 2.05) is 44.2 Å². The minimum Gasteiger partial charge on any atom is -0.390 e. The van der Waals surface area contributed by atoms with E-state index >= 15 is 0 Å². The van der Waals surface area contributed by atoms with Gasteiger partial charge in [0.2, 0.25) is 0 Å². The summed E-state index contributed by atoms with van der Waals surface area (Å²) in [6.07, 6.45) is 1.42. The molecule has 0 amide bonds. The van der Waals surface area contributed by atoms with Gasteiger partial charge < -0.3 is 5.11 Å². The zero-order valence-corrected chi connectivity index (χ0v) is 17.3. The van der Waals surface area contributed by atoms with E-state index in [4.69, 9.17) is 0 Å². The molecule has 0 fully saturated rings. The average molecular weight is 392 g/mol. The number of hydrogen-bond acceptors (Lipinski definition) is 2. The third-order valence-electron chi connectivity index (χ3n) is 5.13. The van der Waals surface area contributed by atoms with Gasteiger partial charge in [-0.25, -0.2) is 4.39 Å². The van der Waals surface area contributed by atoms with Gasteiger partial charge in [-0.1, -0.05) is 72.8 Å². The Labute approximate surface area is 173 Å². The molecule has 0 saturated carbocycles. The van der Waals surface area contributed by atoms with Gasteiger partial charge >= 0.3 is 0 Å². The van der Waals surface area contributed by atoms with Gasteiger partial charge in [0.05, 0.1) is 5.60 Å². The highest BCUT2D eigenvalue weighted by Gasteiger charge is 2.27. The van der Waals surface area contributed by atoms with E-state index in [-0.39, 0.29) is 11.9 Å². The molecular weight excluding hydrogens is 361 g/mol. The predicted octanol–water partition coefficient (Wildman–Crippen LogP) is 5.77. The van der Waals surface area contributed by atoms with Crippen molar-refractivity contribution in [2.75, 3.05) is 6.54 Å². The Bertz CT molecular complexity index is 874. The van der Waals surface area contributed by atoms with Gasteiger partial charge in [0, 0.05) is 19.1 Å². The van der Waals surface area contributed by atoms with Gasteiger partial charge in [0.25, 0.3) is 0 Å². The first kappa shape index (κ1) is 21.2. The van der Waals surface area contributed by atoms with Crippen molar-refractivity contribution in [1.82, 2.24) is 4.90 Å². The van der Waals surface area contributed by atoms with Crippen molar-refractivity contribution in [1.29, 1.82) is 0 Å². The van der Waals surface area contributed by atoms with Crippen molar-refractivity contribution in [3.63, 3.8) is 0 Å². The molecule has 0 saturated heterocycles. The molecule has 0 heterocycles. The van der Waals surface area contributed by atoms with Crippen LogP contribution in [0, 0.1) is 5.82 Å². The Morgan fingerprint density at radius 1 is 0.862 bits per heavy atom. The topological polar surface area (TPSA) is 23.5 Å². The molecule has 152 valence electrons. The van der Waals surface area contributed by atoms with Crippen LogP contribution >= 0.6 is 0 Å². The molecular formula is C26H30FNO. The lowest BCUT2D eigenvalue weighted by Gasteiger charge is -2.36. The van der Waals surface area contributed by atoms with E-state index < -0.39 is 5.60 Å². The Balaban J connectivity index is 1.91. The summed E-state index contributed by atoms with van der Waals surface area (Å²) in [4.78, 5) is 2.36.